The van der Waals surface area contributed by atoms with Gasteiger partial charge in [0.2, 0.25) is 0 Å². The molecule has 17 heavy (non-hydrogen) atoms. The van der Waals surface area contributed by atoms with Crippen LogP contribution in [0.5, 0.6) is 0 Å². The first-order chi connectivity index (χ1) is 8.34. The number of hydrogen-bond donors (Lipinski definition) is 1. The van der Waals surface area contributed by atoms with Gasteiger partial charge in [0.1, 0.15) is 0 Å². The molecule has 0 aromatic heterocycles. The zero-order valence-electron chi connectivity index (χ0n) is 10.1. The summed E-state index contributed by atoms with van der Waals surface area (Å²) in [6.45, 7) is 1.64. The van der Waals surface area contributed by atoms with E-state index in [0.717, 1.165) is 38.9 Å². The maximum atomic E-state index is 10.5. The summed E-state index contributed by atoms with van der Waals surface area (Å²) in [5, 5.41) is 10.5. The molecule has 0 saturated carbocycles. The third-order valence-electron chi connectivity index (χ3n) is 4.31. The molecule has 1 N–H and O–H groups in total. The topological polar surface area (TPSA) is 29.5 Å². The first-order valence-corrected chi connectivity index (χ1v) is 6.67. The van der Waals surface area contributed by atoms with Crippen molar-refractivity contribution in [2.24, 2.45) is 11.8 Å². The molecule has 1 unspecified atom stereocenters. The van der Waals surface area contributed by atoms with Crippen molar-refractivity contribution in [2.75, 3.05) is 13.2 Å². The molecule has 2 heteroatoms. The number of ether oxygens (including phenoxy) is 1. The lowest BCUT2D eigenvalue weighted by atomic mass is 9.84. The number of aliphatic hydroxyl groups is 1. The van der Waals surface area contributed by atoms with E-state index in [4.69, 9.17) is 4.74 Å². The average Bonchev–Trinajstić information content (AvgIpc) is 2.82. The van der Waals surface area contributed by atoms with E-state index in [9.17, 15) is 5.11 Å². The Morgan fingerprint density at radius 1 is 1.00 bits per heavy atom. The van der Waals surface area contributed by atoms with Crippen LogP contribution in [0, 0.1) is 11.8 Å². The summed E-state index contributed by atoms with van der Waals surface area (Å²) >= 11 is 0. The lowest BCUT2D eigenvalue weighted by molar-refractivity contribution is -0.0154. The van der Waals surface area contributed by atoms with Gasteiger partial charge in [-0.15, -0.1) is 0 Å². The Morgan fingerprint density at radius 3 is 2.18 bits per heavy atom. The quantitative estimate of drug-likeness (QED) is 0.847. The highest BCUT2D eigenvalue weighted by molar-refractivity contribution is 5.32. The Balaban J connectivity index is 1.67. The maximum Gasteiger partial charge on any atom is 0.0604 e. The van der Waals surface area contributed by atoms with Crippen LogP contribution in [0.1, 0.15) is 24.0 Å². The maximum absolute atomic E-state index is 10.5. The zero-order chi connectivity index (χ0) is 11.7. The van der Waals surface area contributed by atoms with Crippen LogP contribution in [-0.2, 0) is 17.6 Å². The van der Waals surface area contributed by atoms with E-state index in [-0.39, 0.29) is 6.10 Å². The van der Waals surface area contributed by atoms with Crippen LogP contribution in [-0.4, -0.2) is 24.4 Å². The lowest BCUT2D eigenvalue weighted by Gasteiger charge is -2.30. The fourth-order valence-corrected chi connectivity index (χ4v) is 3.28. The summed E-state index contributed by atoms with van der Waals surface area (Å²) in [6.07, 6.45) is 4.00. The SMILES string of the molecule is OC(C1CCOCC1)C1Cc2ccccc2C1. The van der Waals surface area contributed by atoms with E-state index >= 15 is 0 Å². The van der Waals surface area contributed by atoms with E-state index in [1.165, 1.54) is 11.1 Å². The minimum atomic E-state index is -0.147. The molecule has 0 radical (unpaired) electrons. The molecular weight excluding hydrogens is 212 g/mol. The van der Waals surface area contributed by atoms with Crippen LogP contribution in [0.3, 0.4) is 0 Å². The van der Waals surface area contributed by atoms with Gasteiger partial charge in [0.25, 0.3) is 0 Å². The summed E-state index contributed by atoms with van der Waals surface area (Å²) < 4.78 is 5.36. The molecule has 3 rings (SSSR count). The third kappa shape index (κ3) is 2.24. The van der Waals surface area contributed by atoms with Gasteiger partial charge in [0, 0.05) is 13.2 Å². The van der Waals surface area contributed by atoms with Crippen LogP contribution < -0.4 is 0 Å². The highest BCUT2D eigenvalue weighted by atomic mass is 16.5. The van der Waals surface area contributed by atoms with Crippen LogP contribution in [0.15, 0.2) is 24.3 Å². The summed E-state index contributed by atoms with van der Waals surface area (Å²) in [5.74, 6) is 0.874. The van der Waals surface area contributed by atoms with Crippen molar-refractivity contribution in [2.45, 2.75) is 31.8 Å². The Morgan fingerprint density at radius 2 is 1.59 bits per heavy atom. The Bertz CT molecular complexity index is 357. The monoisotopic (exact) mass is 232 g/mol. The summed E-state index contributed by atoms with van der Waals surface area (Å²) in [6, 6.07) is 8.60. The summed E-state index contributed by atoms with van der Waals surface area (Å²) in [7, 11) is 0. The largest absolute Gasteiger partial charge is 0.393 e. The number of benzene rings is 1. The Kier molecular flexibility index (Phi) is 3.17. The Labute approximate surface area is 103 Å². The molecule has 1 fully saturated rings. The molecule has 0 bridgehead atoms. The van der Waals surface area contributed by atoms with Crippen LogP contribution >= 0.6 is 0 Å². The third-order valence-corrected chi connectivity index (χ3v) is 4.31. The summed E-state index contributed by atoms with van der Waals surface area (Å²) in [5.41, 5.74) is 2.87. The first-order valence-electron chi connectivity index (χ1n) is 6.67. The predicted octanol–water partition coefficient (Wildman–Crippen LogP) is 2.19. The molecule has 1 aromatic rings. The van der Waals surface area contributed by atoms with Crippen molar-refractivity contribution in [1.29, 1.82) is 0 Å². The van der Waals surface area contributed by atoms with Gasteiger partial charge in [0.05, 0.1) is 6.10 Å². The van der Waals surface area contributed by atoms with Gasteiger partial charge in [-0.05, 0) is 48.6 Å². The van der Waals surface area contributed by atoms with E-state index < -0.39 is 0 Å². The van der Waals surface area contributed by atoms with Gasteiger partial charge in [-0.1, -0.05) is 24.3 Å². The number of rotatable bonds is 2. The molecule has 1 aliphatic carbocycles. The van der Waals surface area contributed by atoms with Crippen molar-refractivity contribution in [1.82, 2.24) is 0 Å². The van der Waals surface area contributed by atoms with Gasteiger partial charge in [-0.2, -0.15) is 0 Å². The molecule has 1 atom stereocenters. The van der Waals surface area contributed by atoms with Gasteiger partial charge < -0.3 is 9.84 Å². The van der Waals surface area contributed by atoms with Gasteiger partial charge in [-0.3, -0.25) is 0 Å². The van der Waals surface area contributed by atoms with Gasteiger partial charge in [0.15, 0.2) is 0 Å². The van der Waals surface area contributed by atoms with Crippen LogP contribution in [0.2, 0.25) is 0 Å². The van der Waals surface area contributed by atoms with E-state index in [1.807, 2.05) is 0 Å². The van der Waals surface area contributed by atoms with Crippen molar-refractivity contribution in [3.63, 3.8) is 0 Å². The smallest absolute Gasteiger partial charge is 0.0604 e. The van der Waals surface area contributed by atoms with Crippen LogP contribution in [0.25, 0.3) is 0 Å². The first kappa shape index (κ1) is 11.2. The predicted molar refractivity (Wildman–Crippen MR) is 66.9 cm³/mol. The molecule has 1 aliphatic heterocycles. The molecule has 1 heterocycles. The lowest BCUT2D eigenvalue weighted by Crippen LogP contribution is -2.33. The summed E-state index contributed by atoms with van der Waals surface area (Å²) in [4.78, 5) is 0. The molecule has 2 aliphatic rings. The fraction of sp³-hybridized carbons (Fsp3) is 0.600. The molecule has 0 spiro atoms. The molecular formula is C15H20O2. The van der Waals surface area contributed by atoms with E-state index in [0.29, 0.717) is 11.8 Å². The van der Waals surface area contributed by atoms with Crippen molar-refractivity contribution in [3.8, 4) is 0 Å². The number of fused-ring (bicyclic) bond motifs is 1. The fourth-order valence-electron chi connectivity index (χ4n) is 3.28. The minimum absolute atomic E-state index is 0.147. The zero-order valence-corrected chi connectivity index (χ0v) is 10.1. The van der Waals surface area contributed by atoms with Crippen LogP contribution in [0.4, 0.5) is 0 Å². The molecule has 0 amide bonds. The van der Waals surface area contributed by atoms with Crippen molar-refractivity contribution < 1.29 is 9.84 Å². The van der Waals surface area contributed by atoms with Crippen molar-refractivity contribution in [3.05, 3.63) is 35.4 Å². The Hall–Kier alpha value is -0.860. The van der Waals surface area contributed by atoms with Crippen molar-refractivity contribution >= 4 is 0 Å². The van der Waals surface area contributed by atoms with E-state index in [1.54, 1.807) is 0 Å². The normalized spacial score (nSPS) is 23.6. The highest BCUT2D eigenvalue weighted by Crippen LogP contribution is 2.33. The van der Waals surface area contributed by atoms with E-state index in [2.05, 4.69) is 24.3 Å². The molecule has 92 valence electrons. The second kappa shape index (κ2) is 4.79. The molecule has 2 nitrogen and oxygen atoms in total. The molecule has 1 aromatic carbocycles. The average molecular weight is 232 g/mol. The number of aliphatic hydroxyl groups excluding tert-OH is 1. The standard InChI is InChI=1S/C15H20O2/c16-15(11-5-7-17-8-6-11)14-9-12-3-1-2-4-13(12)10-14/h1-4,11,14-16H,5-10H2. The van der Waals surface area contributed by atoms with Gasteiger partial charge >= 0.3 is 0 Å². The molecule has 1 saturated heterocycles. The number of hydrogen-bond acceptors (Lipinski definition) is 2. The second-order valence-corrected chi connectivity index (χ2v) is 5.38. The van der Waals surface area contributed by atoms with Gasteiger partial charge in [-0.25, -0.2) is 0 Å². The second-order valence-electron chi connectivity index (χ2n) is 5.38. The highest BCUT2D eigenvalue weighted by Gasteiger charge is 2.32. The minimum Gasteiger partial charge on any atom is -0.393 e.